The lowest BCUT2D eigenvalue weighted by Gasteiger charge is -2.07. The predicted molar refractivity (Wildman–Crippen MR) is 113 cm³/mol. The summed E-state index contributed by atoms with van der Waals surface area (Å²) in [5.41, 5.74) is 5.00. The number of aryl methyl sites for hydroxylation is 3. The standard InChI is InChI=1S/C23H20N4O2/c1-14-8-4-5-9-16(14)19-13-12-17(15(2)24-19)22(28)26-25-21-18-10-6-7-11-20(18)27(3)23(21)29/h4-13,29H,1-3H3. The van der Waals surface area contributed by atoms with Crippen molar-refractivity contribution in [3.8, 4) is 17.1 Å². The molecule has 0 fully saturated rings. The third-order valence-electron chi connectivity index (χ3n) is 5.03. The van der Waals surface area contributed by atoms with Gasteiger partial charge in [0.05, 0.1) is 22.5 Å². The summed E-state index contributed by atoms with van der Waals surface area (Å²) in [6.45, 7) is 3.80. The first kappa shape index (κ1) is 18.6. The predicted octanol–water partition coefficient (Wildman–Crippen LogP) is 5.49. The zero-order valence-electron chi connectivity index (χ0n) is 16.4. The Hall–Kier alpha value is -3.80. The van der Waals surface area contributed by atoms with Crippen molar-refractivity contribution in [2.24, 2.45) is 17.3 Å². The number of carbonyl (C=O) groups is 1. The van der Waals surface area contributed by atoms with Crippen LogP contribution >= 0.6 is 0 Å². The smallest absolute Gasteiger partial charge is 0.297 e. The molecule has 29 heavy (non-hydrogen) atoms. The van der Waals surface area contributed by atoms with Crippen LogP contribution in [0.1, 0.15) is 21.6 Å². The first-order valence-electron chi connectivity index (χ1n) is 9.23. The van der Waals surface area contributed by atoms with Gasteiger partial charge in [0.2, 0.25) is 5.88 Å². The van der Waals surface area contributed by atoms with Crippen molar-refractivity contribution in [2.45, 2.75) is 13.8 Å². The van der Waals surface area contributed by atoms with Gasteiger partial charge < -0.3 is 9.67 Å². The van der Waals surface area contributed by atoms with Gasteiger partial charge in [-0.2, -0.15) is 0 Å². The zero-order chi connectivity index (χ0) is 20.5. The summed E-state index contributed by atoms with van der Waals surface area (Å²) in [5.74, 6) is -0.536. The van der Waals surface area contributed by atoms with Crippen molar-refractivity contribution in [2.75, 3.05) is 0 Å². The number of hydrogen-bond donors (Lipinski definition) is 1. The molecule has 1 amide bonds. The highest BCUT2D eigenvalue weighted by Crippen LogP contribution is 2.37. The van der Waals surface area contributed by atoms with Gasteiger partial charge in [-0.05, 0) is 37.6 Å². The molecule has 6 nitrogen and oxygen atoms in total. The third kappa shape index (κ3) is 3.29. The Morgan fingerprint density at radius 1 is 1.00 bits per heavy atom. The Morgan fingerprint density at radius 2 is 1.72 bits per heavy atom. The molecule has 4 aromatic rings. The third-order valence-corrected chi connectivity index (χ3v) is 5.03. The number of rotatable bonds is 3. The molecule has 6 heteroatoms. The Labute approximate surface area is 168 Å². The molecule has 0 unspecified atom stereocenters. The van der Waals surface area contributed by atoms with Crippen LogP contribution in [-0.2, 0) is 7.05 Å². The summed E-state index contributed by atoms with van der Waals surface area (Å²) in [7, 11) is 1.73. The molecule has 2 heterocycles. The maximum absolute atomic E-state index is 12.6. The van der Waals surface area contributed by atoms with Gasteiger partial charge in [-0.25, -0.2) is 0 Å². The molecule has 1 N–H and O–H groups in total. The largest absolute Gasteiger partial charge is 0.493 e. The lowest BCUT2D eigenvalue weighted by Crippen LogP contribution is -2.01. The van der Waals surface area contributed by atoms with Crippen molar-refractivity contribution in [3.05, 3.63) is 77.5 Å². The van der Waals surface area contributed by atoms with Gasteiger partial charge in [0.25, 0.3) is 5.91 Å². The summed E-state index contributed by atoms with van der Waals surface area (Å²) in [4.78, 5) is 17.2. The van der Waals surface area contributed by atoms with Crippen molar-refractivity contribution in [1.29, 1.82) is 0 Å². The number of hydrogen-bond acceptors (Lipinski definition) is 4. The van der Waals surface area contributed by atoms with Crippen LogP contribution in [0, 0.1) is 13.8 Å². The number of aromatic nitrogens is 2. The van der Waals surface area contributed by atoms with Gasteiger partial charge in [-0.1, -0.05) is 42.5 Å². The molecule has 0 saturated heterocycles. The second-order valence-corrected chi connectivity index (χ2v) is 6.90. The summed E-state index contributed by atoms with van der Waals surface area (Å²) < 4.78 is 1.61. The molecule has 0 bridgehead atoms. The van der Waals surface area contributed by atoms with E-state index in [1.165, 1.54) is 0 Å². The number of fused-ring (bicyclic) bond motifs is 1. The summed E-state index contributed by atoms with van der Waals surface area (Å²) in [6.07, 6.45) is 0. The fraction of sp³-hybridized carbons (Fsp3) is 0.130. The molecule has 0 aliphatic rings. The van der Waals surface area contributed by atoms with Gasteiger partial charge >= 0.3 is 0 Å². The summed E-state index contributed by atoms with van der Waals surface area (Å²) in [6, 6.07) is 18.9. The van der Waals surface area contributed by atoms with Gasteiger partial charge in [0.15, 0.2) is 5.69 Å². The van der Waals surface area contributed by atoms with Crippen LogP contribution in [-0.4, -0.2) is 20.6 Å². The monoisotopic (exact) mass is 384 g/mol. The Balaban J connectivity index is 1.66. The van der Waals surface area contributed by atoms with Crippen LogP contribution in [0.15, 0.2) is 70.9 Å². The number of azo groups is 1. The highest BCUT2D eigenvalue weighted by molar-refractivity contribution is 5.98. The van der Waals surface area contributed by atoms with Gasteiger partial charge in [-0.15, -0.1) is 10.2 Å². The SMILES string of the molecule is Cc1ccccc1-c1ccc(C(=O)N=Nc2c(O)n(C)c3ccccc23)c(C)n1. The molecule has 0 atom stereocenters. The number of para-hydroxylation sites is 1. The van der Waals surface area contributed by atoms with Crippen molar-refractivity contribution in [3.63, 3.8) is 0 Å². The molecular formula is C23H20N4O2. The number of pyridine rings is 1. The number of amides is 1. The van der Waals surface area contributed by atoms with E-state index in [0.29, 0.717) is 11.3 Å². The molecule has 0 aliphatic carbocycles. The molecule has 0 radical (unpaired) electrons. The molecule has 0 saturated carbocycles. The van der Waals surface area contributed by atoms with Gasteiger partial charge in [-0.3, -0.25) is 9.78 Å². The Bertz CT molecular complexity index is 1270. The van der Waals surface area contributed by atoms with Crippen molar-refractivity contribution in [1.82, 2.24) is 9.55 Å². The first-order chi connectivity index (χ1) is 14.0. The van der Waals surface area contributed by atoms with Crippen LogP contribution in [0.5, 0.6) is 5.88 Å². The van der Waals surface area contributed by atoms with E-state index in [0.717, 1.165) is 27.7 Å². The molecule has 4 rings (SSSR count). The number of aromatic hydroxyl groups is 1. The second-order valence-electron chi connectivity index (χ2n) is 6.90. The van der Waals surface area contributed by atoms with E-state index in [1.807, 2.05) is 61.5 Å². The minimum absolute atomic E-state index is 0.0347. The van der Waals surface area contributed by atoms with Crippen LogP contribution in [0.25, 0.3) is 22.2 Å². The Morgan fingerprint density at radius 3 is 2.48 bits per heavy atom. The topological polar surface area (TPSA) is 79.8 Å². The van der Waals surface area contributed by atoms with Crippen molar-refractivity contribution >= 4 is 22.5 Å². The molecule has 0 aliphatic heterocycles. The van der Waals surface area contributed by atoms with Crippen molar-refractivity contribution < 1.29 is 9.90 Å². The average Bonchev–Trinajstić information content (AvgIpc) is 2.97. The second kappa shape index (κ2) is 7.31. The molecule has 0 spiro atoms. The van der Waals surface area contributed by atoms with Crippen LogP contribution in [0.3, 0.4) is 0 Å². The highest BCUT2D eigenvalue weighted by Gasteiger charge is 2.16. The number of nitrogens with zero attached hydrogens (tertiary/aromatic N) is 4. The first-order valence-corrected chi connectivity index (χ1v) is 9.23. The Kier molecular flexibility index (Phi) is 4.68. The minimum Gasteiger partial charge on any atom is -0.493 e. The molecule has 144 valence electrons. The van der Waals surface area contributed by atoms with Gasteiger partial charge in [0, 0.05) is 18.0 Å². The minimum atomic E-state index is -0.501. The van der Waals surface area contributed by atoms with Gasteiger partial charge in [0.1, 0.15) is 0 Å². The molecule has 2 aromatic carbocycles. The lowest BCUT2D eigenvalue weighted by molar-refractivity contribution is 0.0994. The van der Waals surface area contributed by atoms with E-state index in [4.69, 9.17) is 0 Å². The normalized spacial score (nSPS) is 11.4. The van der Waals surface area contributed by atoms with E-state index >= 15 is 0 Å². The van der Waals surface area contributed by atoms with Crippen LogP contribution < -0.4 is 0 Å². The lowest BCUT2D eigenvalue weighted by atomic mass is 10.0. The summed E-state index contributed by atoms with van der Waals surface area (Å²) >= 11 is 0. The fourth-order valence-corrected chi connectivity index (χ4v) is 3.41. The van der Waals surface area contributed by atoms with Crippen LogP contribution in [0.2, 0.25) is 0 Å². The van der Waals surface area contributed by atoms with Crippen LogP contribution in [0.4, 0.5) is 5.69 Å². The molecular weight excluding hydrogens is 364 g/mol. The van der Waals surface area contributed by atoms with E-state index in [-0.39, 0.29) is 11.6 Å². The zero-order valence-corrected chi connectivity index (χ0v) is 16.4. The number of benzene rings is 2. The van der Waals surface area contributed by atoms with E-state index in [2.05, 4.69) is 15.2 Å². The average molecular weight is 384 g/mol. The van der Waals surface area contributed by atoms with E-state index in [9.17, 15) is 9.90 Å². The summed E-state index contributed by atoms with van der Waals surface area (Å²) in [5, 5.41) is 19.0. The maximum atomic E-state index is 12.6. The number of carbonyl (C=O) groups excluding carboxylic acids is 1. The molecule has 2 aromatic heterocycles. The quantitative estimate of drug-likeness (QED) is 0.475. The van der Waals surface area contributed by atoms with E-state index < -0.39 is 5.91 Å². The highest BCUT2D eigenvalue weighted by atomic mass is 16.3. The maximum Gasteiger partial charge on any atom is 0.297 e. The fourth-order valence-electron chi connectivity index (χ4n) is 3.41. The van der Waals surface area contributed by atoms with E-state index in [1.54, 1.807) is 24.6 Å².